The number of amides is 1. The van der Waals surface area contributed by atoms with E-state index < -0.39 is 0 Å². The van der Waals surface area contributed by atoms with Crippen LogP contribution in [0, 0.1) is 6.92 Å². The monoisotopic (exact) mass is 338 g/mol. The van der Waals surface area contributed by atoms with Crippen LogP contribution in [0.25, 0.3) is 0 Å². The summed E-state index contributed by atoms with van der Waals surface area (Å²) in [5.74, 6) is 1.19. The van der Waals surface area contributed by atoms with Crippen molar-refractivity contribution >= 4 is 17.4 Å². The molecule has 0 saturated carbocycles. The summed E-state index contributed by atoms with van der Waals surface area (Å²) in [5.41, 5.74) is 2.15. The lowest BCUT2D eigenvalue weighted by atomic mass is 10.1. The molecule has 0 bridgehead atoms. The first-order valence-electron chi connectivity index (χ1n) is 8.93. The van der Waals surface area contributed by atoms with Gasteiger partial charge in [-0.1, -0.05) is 24.3 Å². The highest BCUT2D eigenvalue weighted by atomic mass is 16.2. The van der Waals surface area contributed by atoms with Crippen molar-refractivity contribution in [1.82, 2.24) is 9.88 Å². The predicted octanol–water partition coefficient (Wildman–Crippen LogP) is 2.57. The van der Waals surface area contributed by atoms with Gasteiger partial charge in [0, 0.05) is 44.6 Å². The highest BCUT2D eigenvalue weighted by Gasteiger charge is 2.23. The van der Waals surface area contributed by atoms with E-state index in [9.17, 15) is 4.79 Å². The number of para-hydroxylation sites is 1. The number of piperazine rings is 1. The molecular formula is C20H26N4O. The summed E-state index contributed by atoms with van der Waals surface area (Å²) in [5, 5.41) is 0. The minimum atomic E-state index is 0.170. The van der Waals surface area contributed by atoms with Crippen LogP contribution in [-0.2, 0) is 4.79 Å². The van der Waals surface area contributed by atoms with Gasteiger partial charge in [-0.2, -0.15) is 0 Å². The molecule has 132 valence electrons. The lowest BCUT2D eigenvalue weighted by Gasteiger charge is -2.36. The van der Waals surface area contributed by atoms with E-state index in [1.54, 1.807) is 0 Å². The van der Waals surface area contributed by atoms with Gasteiger partial charge in [0.2, 0.25) is 5.91 Å². The average molecular weight is 338 g/mol. The molecule has 1 aromatic heterocycles. The zero-order valence-corrected chi connectivity index (χ0v) is 15.1. The Labute approximate surface area is 149 Å². The van der Waals surface area contributed by atoms with Gasteiger partial charge in [0.05, 0.1) is 6.54 Å². The average Bonchev–Trinajstić information content (AvgIpc) is 2.65. The van der Waals surface area contributed by atoms with Crippen LogP contribution in [0.3, 0.4) is 0 Å². The summed E-state index contributed by atoms with van der Waals surface area (Å²) in [6.45, 7) is 8.82. The fourth-order valence-electron chi connectivity index (χ4n) is 3.30. The number of anilines is 2. The normalized spacial score (nSPS) is 15.2. The van der Waals surface area contributed by atoms with Gasteiger partial charge in [-0.25, -0.2) is 4.98 Å². The molecular weight excluding hydrogens is 312 g/mol. The van der Waals surface area contributed by atoms with Crippen molar-refractivity contribution < 1.29 is 4.79 Å². The second kappa shape index (κ2) is 8.12. The van der Waals surface area contributed by atoms with E-state index in [0.29, 0.717) is 13.1 Å². The van der Waals surface area contributed by atoms with E-state index in [1.807, 2.05) is 54.4 Å². The van der Waals surface area contributed by atoms with Gasteiger partial charge < -0.3 is 9.80 Å². The number of benzene rings is 1. The number of carbonyl (C=O) groups excluding carboxylic acids is 1. The second-order valence-electron chi connectivity index (χ2n) is 6.38. The molecule has 2 aromatic rings. The van der Waals surface area contributed by atoms with Crippen LogP contribution in [0.5, 0.6) is 0 Å². The van der Waals surface area contributed by atoms with Crippen LogP contribution in [-0.4, -0.2) is 55.1 Å². The van der Waals surface area contributed by atoms with Gasteiger partial charge in [0.25, 0.3) is 0 Å². The number of pyridine rings is 1. The van der Waals surface area contributed by atoms with E-state index in [4.69, 9.17) is 0 Å². The quantitative estimate of drug-likeness (QED) is 0.840. The van der Waals surface area contributed by atoms with E-state index in [0.717, 1.165) is 43.2 Å². The van der Waals surface area contributed by atoms with Crippen molar-refractivity contribution in [3.63, 3.8) is 0 Å². The molecule has 1 aromatic carbocycles. The Kier molecular flexibility index (Phi) is 5.66. The molecule has 1 aliphatic heterocycles. The van der Waals surface area contributed by atoms with E-state index >= 15 is 0 Å². The first-order valence-corrected chi connectivity index (χ1v) is 8.93. The Morgan fingerprint density at radius 2 is 1.80 bits per heavy atom. The van der Waals surface area contributed by atoms with E-state index in [-0.39, 0.29) is 5.91 Å². The van der Waals surface area contributed by atoms with Crippen molar-refractivity contribution in [2.75, 3.05) is 49.1 Å². The van der Waals surface area contributed by atoms with Crippen LogP contribution in [0.1, 0.15) is 12.5 Å². The zero-order valence-electron chi connectivity index (χ0n) is 15.1. The van der Waals surface area contributed by atoms with Crippen molar-refractivity contribution in [2.45, 2.75) is 13.8 Å². The lowest BCUT2D eigenvalue weighted by Crippen LogP contribution is -2.50. The first-order chi connectivity index (χ1) is 12.2. The maximum absolute atomic E-state index is 12.8. The standard InChI is InChI=1S/C20H26N4O/c1-3-24(18-9-5-4-8-17(18)2)20(25)16-22-12-14-23(15-13-22)19-10-6-7-11-21-19/h4-11H,3,12-16H2,1-2H3. The molecule has 0 unspecified atom stereocenters. The number of aromatic nitrogens is 1. The molecule has 1 saturated heterocycles. The van der Waals surface area contributed by atoms with Crippen LogP contribution in [0.2, 0.25) is 0 Å². The molecule has 0 atom stereocenters. The molecule has 25 heavy (non-hydrogen) atoms. The molecule has 2 heterocycles. The number of rotatable bonds is 5. The second-order valence-corrected chi connectivity index (χ2v) is 6.38. The van der Waals surface area contributed by atoms with Gasteiger partial charge >= 0.3 is 0 Å². The third-order valence-corrected chi connectivity index (χ3v) is 4.73. The summed E-state index contributed by atoms with van der Waals surface area (Å²) in [7, 11) is 0. The SMILES string of the molecule is CCN(C(=O)CN1CCN(c2ccccn2)CC1)c1ccccc1C. The summed E-state index contributed by atoms with van der Waals surface area (Å²) in [6.07, 6.45) is 1.83. The van der Waals surface area contributed by atoms with Gasteiger partial charge in [-0.3, -0.25) is 9.69 Å². The van der Waals surface area contributed by atoms with Crippen molar-refractivity contribution in [3.05, 3.63) is 54.2 Å². The van der Waals surface area contributed by atoms with Gasteiger partial charge in [-0.15, -0.1) is 0 Å². The summed E-state index contributed by atoms with van der Waals surface area (Å²) in [6, 6.07) is 14.1. The third kappa shape index (κ3) is 4.17. The number of hydrogen-bond acceptors (Lipinski definition) is 4. The van der Waals surface area contributed by atoms with E-state index in [1.165, 1.54) is 0 Å². The molecule has 5 heteroatoms. The Morgan fingerprint density at radius 1 is 1.08 bits per heavy atom. The number of aryl methyl sites for hydroxylation is 1. The number of likely N-dealkylation sites (N-methyl/N-ethyl adjacent to an activating group) is 1. The Bertz CT molecular complexity index is 696. The van der Waals surface area contributed by atoms with Crippen molar-refractivity contribution in [2.24, 2.45) is 0 Å². The van der Waals surface area contributed by atoms with Crippen LogP contribution >= 0.6 is 0 Å². The van der Waals surface area contributed by atoms with Crippen molar-refractivity contribution in [1.29, 1.82) is 0 Å². The van der Waals surface area contributed by atoms with Gasteiger partial charge in [-0.05, 0) is 37.6 Å². The van der Waals surface area contributed by atoms with Gasteiger partial charge in [0.1, 0.15) is 5.82 Å². The smallest absolute Gasteiger partial charge is 0.241 e. The maximum atomic E-state index is 12.8. The fraction of sp³-hybridized carbons (Fsp3) is 0.400. The minimum absolute atomic E-state index is 0.170. The Balaban J connectivity index is 1.58. The third-order valence-electron chi connectivity index (χ3n) is 4.73. The summed E-state index contributed by atoms with van der Waals surface area (Å²) in [4.78, 5) is 23.6. The van der Waals surface area contributed by atoms with Crippen LogP contribution < -0.4 is 9.80 Å². The molecule has 1 amide bonds. The van der Waals surface area contributed by atoms with Crippen LogP contribution in [0.15, 0.2) is 48.7 Å². The number of carbonyl (C=O) groups is 1. The largest absolute Gasteiger partial charge is 0.354 e. The first kappa shape index (κ1) is 17.4. The summed E-state index contributed by atoms with van der Waals surface area (Å²) < 4.78 is 0. The maximum Gasteiger partial charge on any atom is 0.241 e. The molecule has 0 spiro atoms. The topological polar surface area (TPSA) is 39.7 Å². The highest BCUT2D eigenvalue weighted by Crippen LogP contribution is 2.20. The highest BCUT2D eigenvalue weighted by molar-refractivity contribution is 5.95. The Morgan fingerprint density at radius 3 is 2.44 bits per heavy atom. The van der Waals surface area contributed by atoms with Crippen LogP contribution in [0.4, 0.5) is 11.5 Å². The number of hydrogen-bond donors (Lipinski definition) is 0. The fourth-order valence-corrected chi connectivity index (χ4v) is 3.30. The zero-order chi connectivity index (χ0) is 17.6. The van der Waals surface area contributed by atoms with Crippen molar-refractivity contribution in [3.8, 4) is 0 Å². The van der Waals surface area contributed by atoms with Gasteiger partial charge in [0.15, 0.2) is 0 Å². The minimum Gasteiger partial charge on any atom is -0.354 e. The number of nitrogens with zero attached hydrogens (tertiary/aromatic N) is 4. The molecule has 5 nitrogen and oxygen atoms in total. The molecule has 3 rings (SSSR count). The summed E-state index contributed by atoms with van der Waals surface area (Å²) >= 11 is 0. The lowest BCUT2D eigenvalue weighted by molar-refractivity contribution is -0.119. The molecule has 0 radical (unpaired) electrons. The Hall–Kier alpha value is -2.40. The molecule has 0 aliphatic carbocycles. The van der Waals surface area contributed by atoms with E-state index in [2.05, 4.69) is 27.8 Å². The molecule has 1 fully saturated rings. The molecule has 0 N–H and O–H groups in total. The molecule has 1 aliphatic rings. The predicted molar refractivity (Wildman–Crippen MR) is 102 cm³/mol.